The summed E-state index contributed by atoms with van der Waals surface area (Å²) in [7, 11) is 0. The molecule has 2 unspecified atom stereocenters. The lowest BCUT2D eigenvalue weighted by atomic mass is 10.0. The highest BCUT2D eigenvalue weighted by Gasteiger charge is 2.26. The standard InChI is InChI=1S/C9H15N3O2/c13-9(14)7-5-11-8(12-7)3-6-1-2-10-4-6/h6-7,10H,1-5H2,(H,11,12)(H,13,14). The van der Waals surface area contributed by atoms with Crippen LogP contribution in [0.5, 0.6) is 0 Å². The van der Waals surface area contributed by atoms with Gasteiger partial charge in [-0.3, -0.25) is 4.99 Å². The molecule has 0 amide bonds. The molecule has 0 aromatic rings. The zero-order chi connectivity index (χ0) is 9.97. The van der Waals surface area contributed by atoms with Gasteiger partial charge in [0, 0.05) is 6.42 Å². The molecule has 2 rings (SSSR count). The summed E-state index contributed by atoms with van der Waals surface area (Å²) >= 11 is 0. The van der Waals surface area contributed by atoms with E-state index >= 15 is 0 Å². The van der Waals surface area contributed by atoms with E-state index in [9.17, 15) is 4.79 Å². The van der Waals surface area contributed by atoms with Crippen molar-refractivity contribution >= 4 is 11.8 Å². The van der Waals surface area contributed by atoms with E-state index in [1.54, 1.807) is 0 Å². The zero-order valence-corrected chi connectivity index (χ0v) is 7.99. The van der Waals surface area contributed by atoms with Crippen LogP contribution in [0.1, 0.15) is 12.8 Å². The maximum atomic E-state index is 10.6. The lowest BCUT2D eigenvalue weighted by molar-refractivity contribution is -0.138. The second kappa shape index (κ2) is 3.96. The molecule has 14 heavy (non-hydrogen) atoms. The van der Waals surface area contributed by atoms with E-state index in [1.807, 2.05) is 0 Å². The summed E-state index contributed by atoms with van der Waals surface area (Å²) in [5.41, 5.74) is 0. The van der Waals surface area contributed by atoms with E-state index in [-0.39, 0.29) is 0 Å². The van der Waals surface area contributed by atoms with Crippen LogP contribution in [0.2, 0.25) is 0 Å². The minimum atomic E-state index is -0.812. The van der Waals surface area contributed by atoms with Crippen LogP contribution in [0.15, 0.2) is 4.99 Å². The average Bonchev–Trinajstić information content (AvgIpc) is 2.75. The highest BCUT2D eigenvalue weighted by Crippen LogP contribution is 2.14. The lowest BCUT2D eigenvalue weighted by Crippen LogP contribution is -2.37. The number of hydrogen-bond acceptors (Lipinski definition) is 4. The molecule has 0 radical (unpaired) electrons. The van der Waals surface area contributed by atoms with Crippen LogP contribution in [0.4, 0.5) is 0 Å². The largest absolute Gasteiger partial charge is 0.480 e. The van der Waals surface area contributed by atoms with Crippen molar-refractivity contribution in [1.82, 2.24) is 10.6 Å². The summed E-state index contributed by atoms with van der Waals surface area (Å²) in [4.78, 5) is 14.8. The normalized spacial score (nSPS) is 31.3. The lowest BCUT2D eigenvalue weighted by Gasteiger charge is -2.10. The van der Waals surface area contributed by atoms with Gasteiger partial charge >= 0.3 is 5.97 Å². The van der Waals surface area contributed by atoms with E-state index in [2.05, 4.69) is 15.6 Å². The van der Waals surface area contributed by atoms with Crippen molar-refractivity contribution in [2.75, 3.05) is 19.6 Å². The molecule has 0 saturated carbocycles. The van der Waals surface area contributed by atoms with Crippen LogP contribution in [-0.2, 0) is 4.79 Å². The topological polar surface area (TPSA) is 73.7 Å². The van der Waals surface area contributed by atoms with Crippen molar-refractivity contribution in [3.05, 3.63) is 0 Å². The fourth-order valence-corrected chi connectivity index (χ4v) is 1.92. The van der Waals surface area contributed by atoms with Crippen LogP contribution in [0.25, 0.3) is 0 Å². The van der Waals surface area contributed by atoms with Gasteiger partial charge in [-0.1, -0.05) is 0 Å². The van der Waals surface area contributed by atoms with Gasteiger partial charge in [0.25, 0.3) is 0 Å². The number of rotatable bonds is 3. The first-order valence-corrected chi connectivity index (χ1v) is 4.99. The Hall–Kier alpha value is -1.10. The smallest absolute Gasteiger partial charge is 0.328 e. The third-order valence-electron chi connectivity index (χ3n) is 2.75. The first-order chi connectivity index (χ1) is 6.75. The minimum Gasteiger partial charge on any atom is -0.480 e. The Labute approximate surface area is 82.6 Å². The number of carboxylic acids is 1. The molecule has 0 aliphatic carbocycles. The van der Waals surface area contributed by atoms with Crippen LogP contribution in [0, 0.1) is 5.92 Å². The Morgan fingerprint density at radius 1 is 1.64 bits per heavy atom. The van der Waals surface area contributed by atoms with Gasteiger partial charge in [0.15, 0.2) is 0 Å². The first kappa shape index (κ1) is 9.45. The predicted molar refractivity (Wildman–Crippen MR) is 52.5 cm³/mol. The Balaban J connectivity index is 1.80. The highest BCUT2D eigenvalue weighted by molar-refractivity contribution is 5.90. The summed E-state index contributed by atoms with van der Waals surface area (Å²) in [6.45, 7) is 2.48. The Kier molecular flexibility index (Phi) is 2.67. The number of carboxylic acid groups (broad SMARTS) is 1. The molecule has 1 saturated heterocycles. The monoisotopic (exact) mass is 197 g/mol. The van der Waals surface area contributed by atoms with Gasteiger partial charge in [0.2, 0.25) is 0 Å². The maximum Gasteiger partial charge on any atom is 0.328 e. The summed E-state index contributed by atoms with van der Waals surface area (Å²) in [6, 6.07) is -0.501. The van der Waals surface area contributed by atoms with Gasteiger partial charge in [-0.2, -0.15) is 0 Å². The Bertz CT molecular complexity index is 259. The SMILES string of the molecule is O=C(O)C1CN=C(CC2CCNC2)N1. The quantitative estimate of drug-likeness (QED) is 0.567. The van der Waals surface area contributed by atoms with Crippen LogP contribution < -0.4 is 10.6 Å². The fourth-order valence-electron chi connectivity index (χ4n) is 1.92. The van der Waals surface area contributed by atoms with Gasteiger partial charge < -0.3 is 15.7 Å². The molecule has 78 valence electrons. The van der Waals surface area contributed by atoms with E-state index < -0.39 is 12.0 Å². The molecule has 2 heterocycles. The van der Waals surface area contributed by atoms with Gasteiger partial charge in [0.05, 0.1) is 12.4 Å². The summed E-state index contributed by atoms with van der Waals surface area (Å²) < 4.78 is 0. The molecular weight excluding hydrogens is 182 g/mol. The van der Waals surface area contributed by atoms with Gasteiger partial charge in [-0.05, 0) is 25.4 Å². The second-order valence-electron chi connectivity index (χ2n) is 3.89. The third kappa shape index (κ3) is 2.04. The minimum absolute atomic E-state index is 0.380. The molecule has 5 nitrogen and oxygen atoms in total. The number of aliphatic imine (C=N–C) groups is 1. The van der Waals surface area contributed by atoms with Crippen molar-refractivity contribution in [2.45, 2.75) is 18.9 Å². The van der Waals surface area contributed by atoms with Crippen LogP contribution in [0.3, 0.4) is 0 Å². The molecule has 0 bridgehead atoms. The molecule has 5 heteroatoms. The number of nitrogens with zero attached hydrogens (tertiary/aromatic N) is 1. The summed E-state index contributed by atoms with van der Waals surface area (Å²) in [5, 5.41) is 15.0. The maximum absolute atomic E-state index is 10.6. The predicted octanol–water partition coefficient (Wildman–Crippen LogP) is -0.559. The Morgan fingerprint density at radius 3 is 3.07 bits per heavy atom. The number of amidine groups is 1. The molecule has 1 fully saturated rings. The summed E-state index contributed by atoms with van der Waals surface area (Å²) in [6.07, 6.45) is 2.05. The number of aliphatic carboxylic acids is 1. The fraction of sp³-hybridized carbons (Fsp3) is 0.778. The first-order valence-electron chi connectivity index (χ1n) is 4.99. The van der Waals surface area contributed by atoms with E-state index in [1.165, 1.54) is 6.42 Å². The van der Waals surface area contributed by atoms with Crippen molar-refractivity contribution in [2.24, 2.45) is 10.9 Å². The molecule has 3 N–H and O–H groups in total. The third-order valence-corrected chi connectivity index (χ3v) is 2.75. The number of hydrogen-bond donors (Lipinski definition) is 3. The van der Waals surface area contributed by atoms with Crippen LogP contribution >= 0.6 is 0 Å². The van der Waals surface area contributed by atoms with E-state index in [0.717, 1.165) is 25.3 Å². The Morgan fingerprint density at radius 2 is 2.50 bits per heavy atom. The van der Waals surface area contributed by atoms with Crippen molar-refractivity contribution < 1.29 is 9.90 Å². The highest BCUT2D eigenvalue weighted by atomic mass is 16.4. The number of nitrogens with one attached hydrogen (secondary N) is 2. The second-order valence-corrected chi connectivity index (χ2v) is 3.89. The average molecular weight is 197 g/mol. The molecule has 2 aliphatic heterocycles. The van der Waals surface area contributed by atoms with Gasteiger partial charge in [-0.15, -0.1) is 0 Å². The van der Waals surface area contributed by atoms with Crippen molar-refractivity contribution in [3.63, 3.8) is 0 Å². The van der Waals surface area contributed by atoms with E-state index in [4.69, 9.17) is 5.11 Å². The van der Waals surface area contributed by atoms with Gasteiger partial charge in [-0.25, -0.2) is 4.79 Å². The van der Waals surface area contributed by atoms with Crippen molar-refractivity contribution in [3.8, 4) is 0 Å². The molecule has 0 aromatic carbocycles. The van der Waals surface area contributed by atoms with E-state index in [0.29, 0.717) is 12.5 Å². The van der Waals surface area contributed by atoms with Crippen molar-refractivity contribution in [1.29, 1.82) is 0 Å². The molecule has 0 aromatic heterocycles. The van der Waals surface area contributed by atoms with Crippen LogP contribution in [-0.4, -0.2) is 42.6 Å². The molecule has 2 atom stereocenters. The molecule has 2 aliphatic rings. The zero-order valence-electron chi connectivity index (χ0n) is 7.99. The van der Waals surface area contributed by atoms with Gasteiger partial charge in [0.1, 0.15) is 6.04 Å². The molecule has 0 spiro atoms. The number of carbonyl (C=O) groups is 1. The summed E-state index contributed by atoms with van der Waals surface area (Å²) in [5.74, 6) is 0.674. The molecular formula is C9H15N3O2.